The van der Waals surface area contributed by atoms with E-state index in [1.54, 1.807) is 24.3 Å². The number of para-hydroxylation sites is 1. The van der Waals surface area contributed by atoms with Gasteiger partial charge in [0, 0.05) is 22.7 Å². The highest BCUT2D eigenvalue weighted by Crippen LogP contribution is 2.23. The molecule has 2 aromatic carbocycles. The predicted molar refractivity (Wildman–Crippen MR) is 68.0 cm³/mol. The van der Waals surface area contributed by atoms with Gasteiger partial charge in [-0.25, -0.2) is 13.2 Å². The Bertz CT molecular complexity index is 823. The van der Waals surface area contributed by atoms with Crippen LogP contribution in [0.2, 0.25) is 0 Å². The van der Waals surface area contributed by atoms with Crippen LogP contribution in [-0.2, 0) is 0 Å². The molecule has 0 bridgehead atoms. The van der Waals surface area contributed by atoms with Gasteiger partial charge in [0.2, 0.25) is 0 Å². The Hall–Kier alpha value is -2.56. The summed E-state index contributed by atoms with van der Waals surface area (Å²) < 4.78 is 39.7. The number of hydrogen-bond acceptors (Lipinski definition) is 1. The molecule has 1 heterocycles. The molecule has 2 nitrogen and oxygen atoms in total. The lowest BCUT2D eigenvalue weighted by atomic mass is 10.0. The SMILES string of the molecule is O=C(c1ccc(F)c(F)c1F)c1c[nH]c2ccccc12. The van der Waals surface area contributed by atoms with Crippen molar-refractivity contribution in [1.29, 1.82) is 0 Å². The van der Waals surface area contributed by atoms with Crippen molar-refractivity contribution in [2.24, 2.45) is 0 Å². The summed E-state index contributed by atoms with van der Waals surface area (Å²) in [7, 11) is 0. The van der Waals surface area contributed by atoms with Crippen LogP contribution in [0.3, 0.4) is 0 Å². The summed E-state index contributed by atoms with van der Waals surface area (Å²) in [5.74, 6) is -5.13. The molecule has 0 unspecified atom stereocenters. The number of carbonyl (C=O) groups excluding carboxylic acids is 1. The number of aromatic nitrogens is 1. The summed E-state index contributed by atoms with van der Waals surface area (Å²) in [6, 6.07) is 8.64. The maximum absolute atomic E-state index is 13.7. The number of aromatic amines is 1. The minimum Gasteiger partial charge on any atom is -0.360 e. The number of carbonyl (C=O) groups is 1. The molecule has 1 aromatic heterocycles. The second-order valence-corrected chi connectivity index (χ2v) is 4.30. The third-order valence-corrected chi connectivity index (χ3v) is 3.11. The highest BCUT2D eigenvalue weighted by molar-refractivity contribution is 6.16. The van der Waals surface area contributed by atoms with E-state index >= 15 is 0 Å². The number of benzene rings is 2. The van der Waals surface area contributed by atoms with Crippen molar-refractivity contribution in [1.82, 2.24) is 4.98 Å². The number of halogens is 3. The third kappa shape index (κ3) is 1.79. The summed E-state index contributed by atoms with van der Waals surface area (Å²) >= 11 is 0. The summed E-state index contributed by atoms with van der Waals surface area (Å²) in [6.07, 6.45) is 1.42. The average molecular weight is 275 g/mol. The second-order valence-electron chi connectivity index (χ2n) is 4.30. The van der Waals surface area contributed by atoms with Gasteiger partial charge >= 0.3 is 0 Å². The molecule has 20 heavy (non-hydrogen) atoms. The van der Waals surface area contributed by atoms with Crippen molar-refractivity contribution in [2.75, 3.05) is 0 Å². The lowest BCUT2D eigenvalue weighted by Gasteiger charge is -2.03. The van der Waals surface area contributed by atoms with E-state index in [0.717, 1.165) is 12.1 Å². The van der Waals surface area contributed by atoms with E-state index in [0.29, 0.717) is 10.9 Å². The van der Waals surface area contributed by atoms with Gasteiger partial charge in [-0.2, -0.15) is 0 Å². The van der Waals surface area contributed by atoms with Crippen molar-refractivity contribution in [3.8, 4) is 0 Å². The van der Waals surface area contributed by atoms with Crippen LogP contribution in [0.15, 0.2) is 42.6 Å². The second kappa shape index (κ2) is 4.52. The minimum atomic E-state index is -1.64. The van der Waals surface area contributed by atoms with Gasteiger partial charge in [0.25, 0.3) is 0 Å². The zero-order valence-electron chi connectivity index (χ0n) is 10.1. The first-order chi connectivity index (χ1) is 9.59. The zero-order chi connectivity index (χ0) is 14.3. The minimum absolute atomic E-state index is 0.213. The van der Waals surface area contributed by atoms with Crippen molar-refractivity contribution in [2.45, 2.75) is 0 Å². The molecule has 0 aliphatic heterocycles. The zero-order valence-corrected chi connectivity index (χ0v) is 10.1. The molecule has 3 rings (SSSR count). The van der Waals surface area contributed by atoms with E-state index in [-0.39, 0.29) is 5.56 Å². The normalized spacial score (nSPS) is 10.9. The Morgan fingerprint density at radius 3 is 2.45 bits per heavy atom. The number of fused-ring (bicyclic) bond motifs is 1. The lowest BCUT2D eigenvalue weighted by molar-refractivity contribution is 0.103. The Labute approximate surface area is 111 Å². The van der Waals surface area contributed by atoms with E-state index in [1.807, 2.05) is 0 Å². The topological polar surface area (TPSA) is 32.9 Å². The van der Waals surface area contributed by atoms with Crippen LogP contribution in [0.4, 0.5) is 13.2 Å². The first kappa shape index (κ1) is 12.5. The fourth-order valence-corrected chi connectivity index (χ4v) is 2.11. The van der Waals surface area contributed by atoms with Gasteiger partial charge in [-0.3, -0.25) is 4.79 Å². The summed E-state index contributed by atoms with van der Waals surface area (Å²) in [5.41, 5.74) is 0.429. The molecule has 0 saturated heterocycles. The average Bonchev–Trinajstić information content (AvgIpc) is 2.88. The fourth-order valence-electron chi connectivity index (χ4n) is 2.11. The molecule has 0 saturated carbocycles. The summed E-state index contributed by atoms with van der Waals surface area (Å²) in [5, 5.41) is 0.599. The molecule has 0 fully saturated rings. The van der Waals surface area contributed by atoms with Crippen LogP contribution in [0.1, 0.15) is 15.9 Å². The van der Waals surface area contributed by atoms with Gasteiger partial charge in [0.1, 0.15) is 0 Å². The van der Waals surface area contributed by atoms with E-state index in [4.69, 9.17) is 0 Å². The molecule has 0 spiro atoms. The molecule has 100 valence electrons. The van der Waals surface area contributed by atoms with Crippen LogP contribution in [-0.4, -0.2) is 10.8 Å². The monoisotopic (exact) mass is 275 g/mol. The van der Waals surface area contributed by atoms with Crippen molar-refractivity contribution < 1.29 is 18.0 Å². The highest BCUT2D eigenvalue weighted by atomic mass is 19.2. The maximum atomic E-state index is 13.7. The Balaban J connectivity index is 2.16. The summed E-state index contributed by atoms with van der Waals surface area (Å²) in [6.45, 7) is 0. The van der Waals surface area contributed by atoms with Crippen LogP contribution < -0.4 is 0 Å². The molecule has 3 aromatic rings. The highest BCUT2D eigenvalue weighted by Gasteiger charge is 2.21. The van der Waals surface area contributed by atoms with Gasteiger partial charge in [-0.15, -0.1) is 0 Å². The molecule has 0 aliphatic rings. The van der Waals surface area contributed by atoms with Crippen LogP contribution in [0.25, 0.3) is 10.9 Å². The van der Waals surface area contributed by atoms with E-state index in [1.165, 1.54) is 6.20 Å². The molecule has 0 radical (unpaired) electrons. The van der Waals surface area contributed by atoms with Crippen LogP contribution in [0.5, 0.6) is 0 Å². The van der Waals surface area contributed by atoms with Crippen LogP contribution in [0, 0.1) is 17.5 Å². The molecule has 0 amide bonds. The number of nitrogens with one attached hydrogen (secondary N) is 1. The van der Waals surface area contributed by atoms with Gasteiger partial charge in [0.15, 0.2) is 23.2 Å². The molecule has 5 heteroatoms. The Kier molecular flexibility index (Phi) is 2.82. The molecular weight excluding hydrogens is 267 g/mol. The fraction of sp³-hybridized carbons (Fsp3) is 0. The van der Waals surface area contributed by atoms with Gasteiger partial charge < -0.3 is 4.98 Å². The van der Waals surface area contributed by atoms with Gasteiger partial charge in [0.05, 0.1) is 5.56 Å². The predicted octanol–water partition coefficient (Wildman–Crippen LogP) is 3.82. The number of rotatable bonds is 2. The van der Waals surface area contributed by atoms with E-state index < -0.39 is 28.8 Å². The van der Waals surface area contributed by atoms with Gasteiger partial charge in [-0.05, 0) is 18.2 Å². The quantitative estimate of drug-likeness (QED) is 0.559. The summed E-state index contributed by atoms with van der Waals surface area (Å²) in [4.78, 5) is 15.1. The Morgan fingerprint density at radius 1 is 0.900 bits per heavy atom. The first-order valence-corrected chi connectivity index (χ1v) is 5.84. The smallest absolute Gasteiger partial charge is 0.198 e. The van der Waals surface area contributed by atoms with Gasteiger partial charge in [-0.1, -0.05) is 18.2 Å². The Morgan fingerprint density at radius 2 is 1.65 bits per heavy atom. The molecule has 1 N–H and O–H groups in total. The molecular formula is C15H8F3NO. The third-order valence-electron chi connectivity index (χ3n) is 3.11. The number of ketones is 1. The molecule has 0 aliphatic carbocycles. The first-order valence-electron chi connectivity index (χ1n) is 5.84. The number of hydrogen-bond donors (Lipinski definition) is 1. The van der Waals surface area contributed by atoms with E-state index in [9.17, 15) is 18.0 Å². The van der Waals surface area contributed by atoms with Crippen molar-refractivity contribution >= 4 is 16.7 Å². The number of H-pyrrole nitrogens is 1. The van der Waals surface area contributed by atoms with Crippen LogP contribution >= 0.6 is 0 Å². The molecule has 0 atom stereocenters. The van der Waals surface area contributed by atoms with E-state index in [2.05, 4.69) is 4.98 Å². The maximum Gasteiger partial charge on any atom is 0.198 e. The van der Waals surface area contributed by atoms with Crippen molar-refractivity contribution in [3.05, 3.63) is 71.2 Å². The largest absolute Gasteiger partial charge is 0.360 e. The lowest BCUT2D eigenvalue weighted by Crippen LogP contribution is -2.06. The standard InChI is InChI=1S/C15H8F3NO/c16-11-6-5-9(13(17)14(11)18)15(20)10-7-19-12-4-2-1-3-8(10)12/h1-7,19H. The van der Waals surface area contributed by atoms with Crippen molar-refractivity contribution in [3.63, 3.8) is 0 Å².